The van der Waals surface area contributed by atoms with E-state index in [0.29, 0.717) is 12.6 Å². The van der Waals surface area contributed by atoms with E-state index < -0.39 is 0 Å². The average Bonchev–Trinajstić information content (AvgIpc) is 2.34. The van der Waals surface area contributed by atoms with Crippen LogP contribution in [0.2, 0.25) is 0 Å². The molecule has 2 heteroatoms. The van der Waals surface area contributed by atoms with E-state index in [1.54, 1.807) is 0 Å². The highest BCUT2D eigenvalue weighted by Gasteiger charge is 2.21. The first-order valence-corrected chi connectivity index (χ1v) is 4.09. The molecule has 1 saturated heterocycles. The Morgan fingerprint density at radius 3 is 2.80 bits per heavy atom. The Morgan fingerprint density at radius 2 is 2.40 bits per heavy atom. The number of hydrogen-bond donors (Lipinski definition) is 1. The van der Waals surface area contributed by atoms with Crippen molar-refractivity contribution >= 4 is 0 Å². The standard InChI is InChI=1S/C8H17NO/c1-7-3-4-9(5-7)8(2)6-10/h7-8,10H,3-6H2,1-2H3/t7-,8+/m1/s1. The van der Waals surface area contributed by atoms with Gasteiger partial charge in [0, 0.05) is 12.6 Å². The first-order valence-electron chi connectivity index (χ1n) is 4.09. The Balaban J connectivity index is 2.29. The van der Waals surface area contributed by atoms with Gasteiger partial charge in [0.25, 0.3) is 0 Å². The maximum absolute atomic E-state index is 8.84. The summed E-state index contributed by atoms with van der Waals surface area (Å²) in [5.74, 6) is 0.828. The lowest BCUT2D eigenvalue weighted by atomic mass is 10.2. The van der Waals surface area contributed by atoms with Gasteiger partial charge in [-0.15, -0.1) is 0 Å². The van der Waals surface area contributed by atoms with Crippen molar-refractivity contribution in [3.63, 3.8) is 0 Å². The lowest BCUT2D eigenvalue weighted by Gasteiger charge is -2.21. The van der Waals surface area contributed by atoms with Gasteiger partial charge in [-0.3, -0.25) is 4.90 Å². The molecule has 2 atom stereocenters. The van der Waals surface area contributed by atoms with Crippen LogP contribution in [0, 0.1) is 5.92 Å². The zero-order valence-corrected chi connectivity index (χ0v) is 6.88. The van der Waals surface area contributed by atoms with E-state index in [1.807, 2.05) is 0 Å². The van der Waals surface area contributed by atoms with Crippen LogP contribution in [0.3, 0.4) is 0 Å². The van der Waals surface area contributed by atoms with Crippen LogP contribution in [0.5, 0.6) is 0 Å². The minimum absolute atomic E-state index is 0.298. The minimum atomic E-state index is 0.298. The summed E-state index contributed by atoms with van der Waals surface area (Å²) in [6, 6.07) is 0.366. The van der Waals surface area contributed by atoms with Crippen molar-refractivity contribution in [3.8, 4) is 0 Å². The Kier molecular flexibility index (Phi) is 2.69. The zero-order chi connectivity index (χ0) is 7.56. The van der Waals surface area contributed by atoms with E-state index in [1.165, 1.54) is 19.5 Å². The summed E-state index contributed by atoms with van der Waals surface area (Å²) in [5.41, 5.74) is 0. The van der Waals surface area contributed by atoms with Gasteiger partial charge in [-0.25, -0.2) is 0 Å². The summed E-state index contributed by atoms with van der Waals surface area (Å²) in [5, 5.41) is 8.84. The molecular weight excluding hydrogens is 126 g/mol. The number of likely N-dealkylation sites (tertiary alicyclic amines) is 1. The fourth-order valence-electron chi connectivity index (χ4n) is 1.48. The number of nitrogens with zero attached hydrogens (tertiary/aromatic N) is 1. The molecule has 1 fully saturated rings. The quantitative estimate of drug-likeness (QED) is 0.615. The summed E-state index contributed by atoms with van der Waals surface area (Å²) in [6.07, 6.45) is 1.30. The molecule has 1 heterocycles. The van der Waals surface area contributed by atoms with Gasteiger partial charge in [-0.2, -0.15) is 0 Å². The van der Waals surface area contributed by atoms with Gasteiger partial charge in [0.15, 0.2) is 0 Å². The predicted octanol–water partition coefficient (Wildman–Crippen LogP) is 0.709. The van der Waals surface area contributed by atoms with Crippen LogP contribution in [0.25, 0.3) is 0 Å². The summed E-state index contributed by atoms with van der Waals surface area (Å²) in [6.45, 7) is 6.99. The fourth-order valence-corrected chi connectivity index (χ4v) is 1.48. The van der Waals surface area contributed by atoms with Gasteiger partial charge in [0.2, 0.25) is 0 Å². The fraction of sp³-hybridized carbons (Fsp3) is 1.00. The van der Waals surface area contributed by atoms with Gasteiger partial charge < -0.3 is 5.11 Å². The molecule has 10 heavy (non-hydrogen) atoms. The van der Waals surface area contributed by atoms with Crippen molar-refractivity contribution in [2.75, 3.05) is 19.7 Å². The largest absolute Gasteiger partial charge is 0.395 e. The third-order valence-electron chi connectivity index (χ3n) is 2.34. The molecule has 0 aromatic rings. The van der Waals surface area contributed by atoms with Crippen LogP contribution in [0.1, 0.15) is 20.3 Å². The van der Waals surface area contributed by atoms with Crippen LogP contribution in [0.15, 0.2) is 0 Å². The number of aliphatic hydroxyl groups excluding tert-OH is 1. The number of rotatable bonds is 2. The van der Waals surface area contributed by atoms with Crippen molar-refractivity contribution in [3.05, 3.63) is 0 Å². The van der Waals surface area contributed by atoms with Crippen molar-refractivity contribution < 1.29 is 5.11 Å². The Labute approximate surface area is 62.8 Å². The van der Waals surface area contributed by atoms with Crippen LogP contribution in [-0.4, -0.2) is 35.7 Å². The molecule has 0 saturated carbocycles. The third-order valence-corrected chi connectivity index (χ3v) is 2.34. The zero-order valence-electron chi connectivity index (χ0n) is 6.88. The first kappa shape index (κ1) is 8.02. The molecule has 1 rings (SSSR count). The van der Waals surface area contributed by atoms with Crippen molar-refractivity contribution in [1.29, 1.82) is 0 Å². The maximum atomic E-state index is 8.84. The van der Waals surface area contributed by atoms with Crippen LogP contribution in [0.4, 0.5) is 0 Å². The molecule has 0 aromatic heterocycles. The Hall–Kier alpha value is -0.0800. The minimum Gasteiger partial charge on any atom is -0.395 e. The normalized spacial score (nSPS) is 30.9. The molecule has 0 bridgehead atoms. The topological polar surface area (TPSA) is 23.5 Å². The summed E-state index contributed by atoms with van der Waals surface area (Å²) in [4.78, 5) is 2.35. The SMILES string of the molecule is C[C@@H]1CCN([C@@H](C)CO)C1. The molecule has 0 spiro atoms. The second-order valence-corrected chi connectivity index (χ2v) is 3.42. The molecule has 2 nitrogen and oxygen atoms in total. The third kappa shape index (κ3) is 1.70. The molecule has 0 aromatic carbocycles. The smallest absolute Gasteiger partial charge is 0.0584 e. The van der Waals surface area contributed by atoms with Gasteiger partial charge >= 0.3 is 0 Å². The summed E-state index contributed by atoms with van der Waals surface area (Å²) >= 11 is 0. The van der Waals surface area contributed by atoms with Crippen molar-refractivity contribution in [1.82, 2.24) is 4.90 Å². The van der Waals surface area contributed by atoms with Crippen LogP contribution >= 0.6 is 0 Å². The van der Waals surface area contributed by atoms with Crippen LogP contribution < -0.4 is 0 Å². The van der Waals surface area contributed by atoms with E-state index in [9.17, 15) is 0 Å². The number of aliphatic hydroxyl groups is 1. The monoisotopic (exact) mass is 143 g/mol. The van der Waals surface area contributed by atoms with E-state index in [-0.39, 0.29) is 0 Å². The molecule has 0 unspecified atom stereocenters. The molecule has 1 aliphatic heterocycles. The van der Waals surface area contributed by atoms with Gasteiger partial charge in [0.1, 0.15) is 0 Å². The molecule has 0 aliphatic carbocycles. The van der Waals surface area contributed by atoms with Crippen LogP contribution in [-0.2, 0) is 0 Å². The summed E-state index contributed by atoms with van der Waals surface area (Å²) in [7, 11) is 0. The Morgan fingerprint density at radius 1 is 1.70 bits per heavy atom. The average molecular weight is 143 g/mol. The highest BCUT2D eigenvalue weighted by Crippen LogP contribution is 2.16. The maximum Gasteiger partial charge on any atom is 0.0584 e. The van der Waals surface area contributed by atoms with Crippen molar-refractivity contribution in [2.24, 2.45) is 5.92 Å². The van der Waals surface area contributed by atoms with E-state index in [0.717, 1.165) is 5.92 Å². The van der Waals surface area contributed by atoms with Crippen molar-refractivity contribution in [2.45, 2.75) is 26.3 Å². The highest BCUT2D eigenvalue weighted by atomic mass is 16.3. The molecule has 60 valence electrons. The number of hydrogen-bond acceptors (Lipinski definition) is 2. The predicted molar refractivity (Wildman–Crippen MR) is 41.9 cm³/mol. The lowest BCUT2D eigenvalue weighted by molar-refractivity contribution is 0.155. The first-order chi connectivity index (χ1) is 4.74. The molecule has 0 amide bonds. The molecule has 1 aliphatic rings. The molecular formula is C8H17NO. The van der Waals surface area contributed by atoms with E-state index in [4.69, 9.17) is 5.11 Å². The second-order valence-electron chi connectivity index (χ2n) is 3.42. The Bertz CT molecular complexity index is 105. The summed E-state index contributed by atoms with van der Waals surface area (Å²) < 4.78 is 0. The van der Waals surface area contributed by atoms with E-state index in [2.05, 4.69) is 18.7 Å². The van der Waals surface area contributed by atoms with Gasteiger partial charge in [-0.05, 0) is 25.8 Å². The van der Waals surface area contributed by atoms with Gasteiger partial charge in [-0.1, -0.05) is 6.92 Å². The van der Waals surface area contributed by atoms with E-state index >= 15 is 0 Å². The second kappa shape index (κ2) is 3.35. The highest BCUT2D eigenvalue weighted by molar-refractivity contribution is 4.76. The molecule has 1 N–H and O–H groups in total. The lowest BCUT2D eigenvalue weighted by Crippen LogP contribution is -2.33. The molecule has 0 radical (unpaired) electrons. The van der Waals surface area contributed by atoms with Gasteiger partial charge in [0.05, 0.1) is 6.61 Å².